The van der Waals surface area contributed by atoms with E-state index in [1.165, 1.54) is 52.8 Å². The van der Waals surface area contributed by atoms with Crippen LogP contribution in [-0.4, -0.2) is 9.97 Å². The van der Waals surface area contributed by atoms with Crippen molar-refractivity contribution >= 4 is 53.1 Å². The highest BCUT2D eigenvalue weighted by Crippen LogP contribution is 2.42. The molecule has 11 rings (SSSR count). The van der Waals surface area contributed by atoms with Crippen LogP contribution in [0.1, 0.15) is 0 Å². The zero-order chi connectivity index (χ0) is 37.7. The third-order valence-electron chi connectivity index (χ3n) is 11.0. The highest BCUT2D eigenvalue weighted by atomic mass is 32.1. The van der Waals surface area contributed by atoms with E-state index in [1.54, 1.807) is 0 Å². The molecular formula is C54H34N2S. The van der Waals surface area contributed by atoms with Gasteiger partial charge < -0.3 is 0 Å². The zero-order valence-corrected chi connectivity index (χ0v) is 31.7. The topological polar surface area (TPSA) is 25.8 Å². The van der Waals surface area contributed by atoms with Crippen molar-refractivity contribution in [2.24, 2.45) is 0 Å². The molecule has 9 aromatic carbocycles. The lowest BCUT2D eigenvalue weighted by Crippen LogP contribution is -1.97. The fraction of sp³-hybridized carbons (Fsp3) is 0. The molecule has 266 valence electrons. The number of fused-ring (bicyclic) bond motifs is 6. The van der Waals surface area contributed by atoms with Crippen LogP contribution in [0.15, 0.2) is 206 Å². The molecule has 0 radical (unpaired) electrons. The molecular weight excluding hydrogens is 709 g/mol. The summed E-state index contributed by atoms with van der Waals surface area (Å²) in [5.74, 6) is 0.698. The van der Waals surface area contributed by atoms with Crippen molar-refractivity contribution in [2.75, 3.05) is 0 Å². The van der Waals surface area contributed by atoms with E-state index in [0.29, 0.717) is 5.82 Å². The molecule has 2 aromatic heterocycles. The molecule has 57 heavy (non-hydrogen) atoms. The molecule has 0 spiro atoms. The summed E-state index contributed by atoms with van der Waals surface area (Å²) < 4.78 is 2.59. The SMILES string of the molecule is c1ccc(-c2cc(-c3cc(-c4cccc(-c5ccc6c(ccc7ccccc76)c5)c4)nc(-c4ccccc4)n3)cc(-c3cccc4c3sc3ccccc34)c2)cc1. The van der Waals surface area contributed by atoms with Gasteiger partial charge >= 0.3 is 0 Å². The van der Waals surface area contributed by atoms with Crippen molar-refractivity contribution < 1.29 is 0 Å². The molecule has 0 aliphatic carbocycles. The van der Waals surface area contributed by atoms with Gasteiger partial charge in [-0.15, -0.1) is 11.3 Å². The highest BCUT2D eigenvalue weighted by Gasteiger charge is 2.16. The molecule has 0 amide bonds. The molecule has 0 unspecified atom stereocenters. The Kier molecular flexibility index (Phi) is 8.04. The Bertz CT molecular complexity index is 3290. The molecule has 0 saturated carbocycles. The number of hydrogen-bond donors (Lipinski definition) is 0. The first kappa shape index (κ1) is 33.2. The molecule has 0 fully saturated rings. The van der Waals surface area contributed by atoms with Crippen LogP contribution in [0.5, 0.6) is 0 Å². The van der Waals surface area contributed by atoms with Gasteiger partial charge in [-0.05, 0) is 97.4 Å². The first-order chi connectivity index (χ1) is 28.2. The van der Waals surface area contributed by atoms with E-state index in [4.69, 9.17) is 9.97 Å². The van der Waals surface area contributed by atoms with Crippen LogP contribution in [0.2, 0.25) is 0 Å². The van der Waals surface area contributed by atoms with Gasteiger partial charge in [-0.25, -0.2) is 9.97 Å². The predicted molar refractivity (Wildman–Crippen MR) is 243 cm³/mol. The second-order valence-corrected chi connectivity index (χ2v) is 15.6. The average Bonchev–Trinajstić information content (AvgIpc) is 3.68. The number of thiophene rings is 1. The average molecular weight is 743 g/mol. The summed E-state index contributed by atoms with van der Waals surface area (Å²) in [7, 11) is 0. The number of hydrogen-bond acceptors (Lipinski definition) is 3. The smallest absolute Gasteiger partial charge is 0.160 e. The molecule has 2 nitrogen and oxygen atoms in total. The Morgan fingerprint density at radius 1 is 0.298 bits per heavy atom. The van der Waals surface area contributed by atoms with Gasteiger partial charge in [-0.1, -0.05) is 164 Å². The molecule has 0 N–H and O–H groups in total. The summed E-state index contributed by atoms with van der Waals surface area (Å²) >= 11 is 1.86. The lowest BCUT2D eigenvalue weighted by atomic mass is 9.93. The molecule has 0 saturated heterocycles. The van der Waals surface area contributed by atoms with Crippen LogP contribution in [0.25, 0.3) is 109 Å². The van der Waals surface area contributed by atoms with E-state index in [9.17, 15) is 0 Å². The molecule has 11 aromatic rings. The van der Waals surface area contributed by atoms with Crippen LogP contribution in [0.3, 0.4) is 0 Å². The molecule has 0 bridgehead atoms. The maximum atomic E-state index is 5.30. The Hall–Kier alpha value is -7.20. The van der Waals surface area contributed by atoms with Crippen molar-refractivity contribution in [3.05, 3.63) is 206 Å². The van der Waals surface area contributed by atoms with Gasteiger partial charge in [-0.2, -0.15) is 0 Å². The number of nitrogens with zero attached hydrogens (tertiary/aromatic N) is 2. The van der Waals surface area contributed by atoms with Crippen molar-refractivity contribution in [1.29, 1.82) is 0 Å². The van der Waals surface area contributed by atoms with E-state index in [2.05, 4.69) is 188 Å². The molecule has 0 atom stereocenters. The van der Waals surface area contributed by atoms with Crippen LogP contribution < -0.4 is 0 Å². The summed E-state index contributed by atoms with van der Waals surface area (Å²) in [6, 6.07) is 74.0. The molecule has 3 heteroatoms. The van der Waals surface area contributed by atoms with Crippen molar-refractivity contribution in [1.82, 2.24) is 9.97 Å². The summed E-state index contributed by atoms with van der Waals surface area (Å²) in [6.07, 6.45) is 0. The molecule has 0 aliphatic rings. The first-order valence-corrected chi connectivity index (χ1v) is 20.1. The van der Waals surface area contributed by atoms with Gasteiger partial charge in [0.15, 0.2) is 5.82 Å². The van der Waals surface area contributed by atoms with Crippen LogP contribution in [0, 0.1) is 0 Å². The quantitative estimate of drug-likeness (QED) is 0.159. The van der Waals surface area contributed by atoms with Gasteiger partial charge in [-0.3, -0.25) is 0 Å². The number of benzene rings is 9. The van der Waals surface area contributed by atoms with Gasteiger partial charge in [0.2, 0.25) is 0 Å². The van der Waals surface area contributed by atoms with Crippen LogP contribution in [0.4, 0.5) is 0 Å². The lowest BCUT2D eigenvalue weighted by molar-refractivity contribution is 1.18. The van der Waals surface area contributed by atoms with E-state index in [1.807, 2.05) is 29.5 Å². The Balaban J connectivity index is 1.08. The minimum Gasteiger partial charge on any atom is -0.228 e. The predicted octanol–water partition coefficient (Wildman–Crippen LogP) is 15.2. The van der Waals surface area contributed by atoms with Crippen molar-refractivity contribution in [2.45, 2.75) is 0 Å². The van der Waals surface area contributed by atoms with Gasteiger partial charge in [0.05, 0.1) is 11.4 Å². The summed E-state index contributed by atoms with van der Waals surface area (Å²) in [6.45, 7) is 0. The second-order valence-electron chi connectivity index (χ2n) is 14.6. The van der Waals surface area contributed by atoms with E-state index >= 15 is 0 Å². The largest absolute Gasteiger partial charge is 0.228 e. The minimum atomic E-state index is 0.698. The summed E-state index contributed by atoms with van der Waals surface area (Å²) in [5, 5.41) is 7.61. The Morgan fingerprint density at radius 3 is 1.74 bits per heavy atom. The third kappa shape index (κ3) is 6.06. The standard InChI is InChI=1S/C54H34N2S/c1-3-13-35(14-4-1)42-31-43(47-22-12-23-49-48-21-9-10-24-52(48)57-53(47)49)33-44(32-42)51-34-50(55-54(56-51)37-16-5-2-6-17-37)41-19-11-18-38(30-41)39-27-28-46-40(29-39)26-25-36-15-7-8-20-45(36)46/h1-34H. The fourth-order valence-electron chi connectivity index (χ4n) is 8.21. The lowest BCUT2D eigenvalue weighted by Gasteiger charge is -2.14. The maximum absolute atomic E-state index is 5.30. The van der Waals surface area contributed by atoms with Gasteiger partial charge in [0, 0.05) is 36.9 Å². The van der Waals surface area contributed by atoms with Gasteiger partial charge in [0.1, 0.15) is 0 Å². The maximum Gasteiger partial charge on any atom is 0.160 e. The number of rotatable bonds is 6. The van der Waals surface area contributed by atoms with E-state index in [0.717, 1.165) is 50.3 Å². The highest BCUT2D eigenvalue weighted by molar-refractivity contribution is 7.26. The normalized spacial score (nSPS) is 11.5. The monoisotopic (exact) mass is 742 g/mol. The van der Waals surface area contributed by atoms with E-state index < -0.39 is 0 Å². The first-order valence-electron chi connectivity index (χ1n) is 19.3. The Morgan fingerprint density at radius 2 is 0.877 bits per heavy atom. The second kappa shape index (κ2) is 13.8. The fourth-order valence-corrected chi connectivity index (χ4v) is 9.45. The van der Waals surface area contributed by atoms with Crippen molar-refractivity contribution in [3.63, 3.8) is 0 Å². The third-order valence-corrected chi connectivity index (χ3v) is 12.3. The molecule has 2 heterocycles. The van der Waals surface area contributed by atoms with Gasteiger partial charge in [0.25, 0.3) is 0 Å². The van der Waals surface area contributed by atoms with Crippen molar-refractivity contribution in [3.8, 4) is 67.3 Å². The van der Waals surface area contributed by atoms with E-state index in [-0.39, 0.29) is 0 Å². The zero-order valence-electron chi connectivity index (χ0n) is 30.9. The summed E-state index contributed by atoms with van der Waals surface area (Å²) in [4.78, 5) is 10.5. The Labute approximate surface area is 335 Å². The minimum absolute atomic E-state index is 0.698. The van der Waals surface area contributed by atoms with Crippen LogP contribution >= 0.6 is 11.3 Å². The number of aromatic nitrogens is 2. The van der Waals surface area contributed by atoms with Crippen LogP contribution in [-0.2, 0) is 0 Å². The molecule has 0 aliphatic heterocycles. The summed E-state index contributed by atoms with van der Waals surface area (Å²) in [5.41, 5.74) is 11.8.